The zero-order valence-corrected chi connectivity index (χ0v) is 23.3. The van der Waals surface area contributed by atoms with Crippen molar-refractivity contribution in [3.63, 3.8) is 0 Å². The molecule has 3 aromatic carbocycles. The molecule has 0 aliphatic carbocycles. The highest BCUT2D eigenvalue weighted by Gasteiger charge is 2.35. The van der Waals surface area contributed by atoms with Gasteiger partial charge < -0.3 is 31.9 Å². The second kappa shape index (κ2) is 13.5. The highest BCUT2D eigenvalue weighted by Crippen LogP contribution is 2.36. The van der Waals surface area contributed by atoms with Gasteiger partial charge in [0.1, 0.15) is 22.8 Å². The Balaban J connectivity index is 1.43. The van der Waals surface area contributed by atoms with Gasteiger partial charge >= 0.3 is 6.18 Å². The summed E-state index contributed by atoms with van der Waals surface area (Å²) in [5.74, 6) is -1.53. The number of aromatic nitrogens is 2. The third-order valence-corrected chi connectivity index (χ3v) is 6.25. The van der Waals surface area contributed by atoms with Crippen LogP contribution in [0.4, 0.5) is 47.7 Å². The molecule has 0 unspecified atom stereocenters. The molecule has 15 heteroatoms. The number of carbonyl (C=O) groups excluding carboxylic acids is 2. The van der Waals surface area contributed by atoms with Gasteiger partial charge in [-0.3, -0.25) is 19.2 Å². The van der Waals surface area contributed by atoms with Crippen LogP contribution >= 0.6 is 0 Å². The third-order valence-electron chi connectivity index (χ3n) is 6.25. The maximum atomic E-state index is 13.7. The SMILES string of the molecule is C=CC(=O)NCCNc1c(NCc2ccc(Nc3ncc(C(F)(F)F)c(Nc4ccccc4C(=O)NC)n3)cc2)c(=O)c1=O. The van der Waals surface area contributed by atoms with Crippen LogP contribution in [0.25, 0.3) is 0 Å². The number of halogens is 3. The molecule has 4 aromatic rings. The number of nitrogens with one attached hydrogen (secondary N) is 6. The van der Waals surface area contributed by atoms with Gasteiger partial charge in [-0.15, -0.1) is 0 Å². The summed E-state index contributed by atoms with van der Waals surface area (Å²) in [6.07, 6.45) is -3.01. The minimum atomic E-state index is -4.77. The van der Waals surface area contributed by atoms with E-state index in [9.17, 15) is 32.3 Å². The topological polar surface area (TPSA) is 166 Å². The van der Waals surface area contributed by atoms with Gasteiger partial charge in [-0.25, -0.2) is 4.98 Å². The number of hydrogen-bond donors (Lipinski definition) is 6. The third kappa shape index (κ3) is 7.36. The Labute approximate surface area is 248 Å². The van der Waals surface area contributed by atoms with E-state index in [1.54, 1.807) is 36.4 Å². The molecule has 44 heavy (non-hydrogen) atoms. The Kier molecular flexibility index (Phi) is 9.57. The molecule has 2 amide bonds. The minimum absolute atomic E-state index is 0.124. The smallest absolute Gasteiger partial charge is 0.378 e. The number of amides is 2. The highest BCUT2D eigenvalue weighted by molar-refractivity contribution is 6.00. The predicted molar refractivity (Wildman–Crippen MR) is 160 cm³/mol. The van der Waals surface area contributed by atoms with Crippen LogP contribution in [-0.4, -0.2) is 41.9 Å². The number of alkyl halides is 3. The fourth-order valence-electron chi connectivity index (χ4n) is 4.00. The fraction of sp³-hybridized carbons (Fsp3) is 0.172. The van der Waals surface area contributed by atoms with Crippen LogP contribution in [0, 0.1) is 0 Å². The zero-order valence-electron chi connectivity index (χ0n) is 23.3. The second-order valence-electron chi connectivity index (χ2n) is 9.21. The van der Waals surface area contributed by atoms with Crippen molar-refractivity contribution in [2.24, 2.45) is 0 Å². The van der Waals surface area contributed by atoms with E-state index in [1.165, 1.54) is 19.2 Å². The van der Waals surface area contributed by atoms with Crippen molar-refractivity contribution in [3.8, 4) is 0 Å². The molecule has 6 N–H and O–H groups in total. The normalized spacial score (nSPS) is 11.0. The van der Waals surface area contributed by atoms with Gasteiger partial charge in [-0.05, 0) is 35.9 Å². The summed E-state index contributed by atoms with van der Waals surface area (Å²) in [4.78, 5) is 55.2. The van der Waals surface area contributed by atoms with Crippen molar-refractivity contribution in [2.75, 3.05) is 41.4 Å². The van der Waals surface area contributed by atoms with Crippen LogP contribution in [-0.2, 0) is 17.5 Å². The van der Waals surface area contributed by atoms with Crippen LogP contribution < -0.4 is 42.8 Å². The van der Waals surface area contributed by atoms with Gasteiger partial charge in [0.2, 0.25) is 11.9 Å². The lowest BCUT2D eigenvalue weighted by Gasteiger charge is -2.16. The van der Waals surface area contributed by atoms with Crippen molar-refractivity contribution in [3.05, 3.63) is 105 Å². The van der Waals surface area contributed by atoms with Gasteiger partial charge in [0.25, 0.3) is 16.8 Å². The lowest BCUT2D eigenvalue weighted by molar-refractivity contribution is -0.137. The molecule has 0 fully saturated rings. The summed E-state index contributed by atoms with van der Waals surface area (Å²) in [7, 11) is 1.41. The maximum Gasteiger partial charge on any atom is 0.421 e. The van der Waals surface area contributed by atoms with E-state index in [0.29, 0.717) is 11.9 Å². The lowest BCUT2D eigenvalue weighted by Crippen LogP contribution is -2.38. The van der Waals surface area contributed by atoms with Crippen LogP contribution in [0.2, 0.25) is 0 Å². The van der Waals surface area contributed by atoms with Crippen LogP contribution in [0.3, 0.4) is 0 Å². The van der Waals surface area contributed by atoms with Crippen LogP contribution in [0.1, 0.15) is 21.5 Å². The summed E-state index contributed by atoms with van der Waals surface area (Å²) in [5.41, 5.74) is -0.747. The molecular formula is C29H27F3N8O4. The number of para-hydroxylation sites is 1. The van der Waals surface area contributed by atoms with Gasteiger partial charge in [0.15, 0.2) is 0 Å². The Hall–Kier alpha value is -5.73. The van der Waals surface area contributed by atoms with Crippen LogP contribution in [0.5, 0.6) is 0 Å². The second-order valence-corrected chi connectivity index (χ2v) is 9.21. The summed E-state index contributed by atoms with van der Waals surface area (Å²) in [6, 6.07) is 12.7. The van der Waals surface area contributed by atoms with E-state index in [-0.39, 0.29) is 54.1 Å². The summed E-state index contributed by atoms with van der Waals surface area (Å²) < 4.78 is 41.2. The molecule has 0 saturated carbocycles. The first-order valence-corrected chi connectivity index (χ1v) is 13.1. The Morgan fingerprint density at radius 2 is 1.61 bits per heavy atom. The van der Waals surface area contributed by atoms with Crippen molar-refractivity contribution in [1.82, 2.24) is 20.6 Å². The molecule has 1 aromatic heterocycles. The zero-order chi connectivity index (χ0) is 31.9. The van der Waals surface area contributed by atoms with E-state index in [0.717, 1.165) is 11.6 Å². The molecule has 0 spiro atoms. The largest absolute Gasteiger partial charge is 0.421 e. The number of hydrogen-bond acceptors (Lipinski definition) is 10. The molecule has 1 heterocycles. The number of carbonyl (C=O) groups is 2. The van der Waals surface area contributed by atoms with Crippen molar-refractivity contribution in [2.45, 2.75) is 12.7 Å². The molecule has 0 radical (unpaired) electrons. The van der Waals surface area contributed by atoms with E-state index in [4.69, 9.17) is 0 Å². The van der Waals surface area contributed by atoms with E-state index in [1.807, 2.05) is 0 Å². The number of anilines is 6. The maximum absolute atomic E-state index is 13.7. The average Bonchev–Trinajstić information content (AvgIpc) is 3.01. The Bertz CT molecular complexity index is 1750. The number of rotatable bonds is 13. The monoisotopic (exact) mass is 608 g/mol. The molecule has 228 valence electrons. The molecule has 4 rings (SSSR count). The molecule has 0 saturated heterocycles. The molecule has 0 bridgehead atoms. The molecule has 0 atom stereocenters. The predicted octanol–water partition coefficient (Wildman–Crippen LogP) is 3.26. The molecule has 0 aliphatic heterocycles. The molecular weight excluding hydrogens is 581 g/mol. The van der Waals surface area contributed by atoms with E-state index >= 15 is 0 Å². The van der Waals surface area contributed by atoms with Gasteiger partial charge in [0.05, 0.1) is 11.3 Å². The van der Waals surface area contributed by atoms with E-state index < -0.39 is 34.3 Å². The van der Waals surface area contributed by atoms with Gasteiger partial charge in [-0.2, -0.15) is 18.2 Å². The first-order valence-electron chi connectivity index (χ1n) is 13.1. The first kappa shape index (κ1) is 31.2. The number of benzene rings is 2. The lowest BCUT2D eigenvalue weighted by atomic mass is 10.1. The van der Waals surface area contributed by atoms with E-state index in [2.05, 4.69) is 48.4 Å². The fourth-order valence-corrected chi connectivity index (χ4v) is 4.00. The van der Waals surface area contributed by atoms with Crippen LogP contribution in [0.15, 0.2) is 77.0 Å². The summed E-state index contributed by atoms with van der Waals surface area (Å²) in [5, 5.41) is 16.2. The Morgan fingerprint density at radius 3 is 2.27 bits per heavy atom. The first-order chi connectivity index (χ1) is 21.0. The molecule has 0 aliphatic rings. The average molecular weight is 609 g/mol. The summed E-state index contributed by atoms with van der Waals surface area (Å²) >= 11 is 0. The van der Waals surface area contributed by atoms with Crippen molar-refractivity contribution < 1.29 is 22.8 Å². The van der Waals surface area contributed by atoms with Crippen molar-refractivity contribution in [1.29, 1.82) is 0 Å². The quantitative estimate of drug-likeness (QED) is 0.0754. The highest BCUT2D eigenvalue weighted by atomic mass is 19.4. The van der Waals surface area contributed by atoms with Gasteiger partial charge in [-0.1, -0.05) is 30.8 Å². The Morgan fingerprint density at radius 1 is 0.932 bits per heavy atom. The molecule has 12 nitrogen and oxygen atoms in total. The number of nitrogens with zero attached hydrogens (tertiary/aromatic N) is 2. The standard InChI is InChI=1S/C29H27F3N8O4/c1-3-21(41)34-12-13-35-22-23(25(43)24(22)42)36-14-16-8-10-17(11-9-16)38-28-37-15-19(29(30,31)32)26(40-28)39-20-7-5-4-6-18(20)27(44)33-2/h3-11,15,35-36H,1,12-14H2,2H3,(H,33,44)(H,34,41)(H2,37,38,39,40). The van der Waals surface area contributed by atoms with Crippen molar-refractivity contribution >= 4 is 46.3 Å². The summed E-state index contributed by atoms with van der Waals surface area (Å²) in [6.45, 7) is 3.99. The minimum Gasteiger partial charge on any atom is -0.378 e. The van der Waals surface area contributed by atoms with Gasteiger partial charge in [0, 0.05) is 38.6 Å².